The molecule has 5 heteroatoms. The van der Waals surface area contributed by atoms with E-state index in [9.17, 15) is 0 Å². The molecule has 0 heterocycles. The molecule has 0 radical (unpaired) electrons. The first-order valence-electron chi connectivity index (χ1n) is 6.04. The van der Waals surface area contributed by atoms with Crippen LogP contribution in [0.15, 0.2) is 33.9 Å². The fraction of sp³-hybridized carbons (Fsp3) is 0.462. The third-order valence-corrected chi connectivity index (χ3v) is 4.23. The highest BCUT2D eigenvalue weighted by Gasteiger charge is 2.06. The quantitative estimate of drug-likeness (QED) is 0.374. The van der Waals surface area contributed by atoms with E-state index in [0.29, 0.717) is 5.04 Å². The van der Waals surface area contributed by atoms with Crippen LogP contribution in [0.1, 0.15) is 19.4 Å². The van der Waals surface area contributed by atoms with Crippen molar-refractivity contribution in [2.75, 3.05) is 25.4 Å². The molecule has 0 saturated heterocycles. The Bertz CT molecular complexity index is 377. The molecule has 0 bridgehead atoms. The van der Waals surface area contributed by atoms with Crippen molar-refractivity contribution >= 4 is 32.7 Å². The number of hydrogen-bond donors (Lipinski definition) is 1. The van der Waals surface area contributed by atoms with Crippen molar-refractivity contribution in [2.45, 2.75) is 13.8 Å². The Morgan fingerprint density at radius 3 is 2.39 bits per heavy atom. The number of thioether (sulfide) groups is 1. The monoisotopic (exact) mass is 330 g/mol. The minimum atomic E-state index is 0.676. The zero-order chi connectivity index (χ0) is 13.4. The van der Waals surface area contributed by atoms with Crippen molar-refractivity contribution in [3.8, 4) is 0 Å². The molecule has 1 aromatic rings. The van der Waals surface area contributed by atoms with Crippen molar-refractivity contribution < 1.29 is 5.21 Å². The third-order valence-electron chi connectivity index (χ3n) is 2.72. The van der Waals surface area contributed by atoms with E-state index in [2.05, 4.69) is 39.8 Å². The van der Waals surface area contributed by atoms with Crippen molar-refractivity contribution in [1.29, 1.82) is 0 Å². The molecule has 1 rings (SSSR count). The zero-order valence-corrected chi connectivity index (χ0v) is 13.2. The molecule has 3 nitrogen and oxygen atoms in total. The smallest absolute Gasteiger partial charge is 0.143 e. The molecule has 0 aromatic heterocycles. The first kappa shape index (κ1) is 15.5. The normalized spacial score (nSPS) is 12.1. The molecule has 0 aliphatic rings. The number of nitrogens with zero attached hydrogens (tertiary/aromatic N) is 2. The number of halogens is 1. The topological polar surface area (TPSA) is 35.8 Å². The summed E-state index contributed by atoms with van der Waals surface area (Å²) >= 11 is 4.97. The van der Waals surface area contributed by atoms with Crippen LogP contribution in [0.3, 0.4) is 0 Å². The van der Waals surface area contributed by atoms with Gasteiger partial charge in [0.15, 0.2) is 0 Å². The molecule has 0 saturated carbocycles. The summed E-state index contributed by atoms with van der Waals surface area (Å²) in [6, 6.07) is 7.80. The van der Waals surface area contributed by atoms with Crippen LogP contribution in [-0.2, 0) is 0 Å². The van der Waals surface area contributed by atoms with Crippen LogP contribution < -0.4 is 0 Å². The van der Waals surface area contributed by atoms with Crippen LogP contribution in [0.25, 0.3) is 0 Å². The fourth-order valence-corrected chi connectivity index (χ4v) is 2.74. The van der Waals surface area contributed by atoms with Gasteiger partial charge in [-0.25, -0.2) is 0 Å². The van der Waals surface area contributed by atoms with E-state index in [1.807, 2.05) is 24.3 Å². The van der Waals surface area contributed by atoms with E-state index in [4.69, 9.17) is 5.21 Å². The minimum absolute atomic E-state index is 0.676. The Morgan fingerprint density at radius 1 is 1.28 bits per heavy atom. The van der Waals surface area contributed by atoms with Crippen LogP contribution in [0.5, 0.6) is 0 Å². The predicted octanol–water partition coefficient (Wildman–Crippen LogP) is 3.66. The van der Waals surface area contributed by atoms with Crippen LogP contribution in [-0.4, -0.2) is 40.5 Å². The zero-order valence-electron chi connectivity index (χ0n) is 10.8. The molecule has 0 aliphatic heterocycles. The summed E-state index contributed by atoms with van der Waals surface area (Å²) in [6.45, 7) is 7.43. The molecular weight excluding hydrogens is 312 g/mol. The highest BCUT2D eigenvalue weighted by molar-refractivity contribution is 9.10. The lowest BCUT2D eigenvalue weighted by Crippen LogP contribution is -2.25. The SMILES string of the molecule is CCN(CC)CCS/C(=N/O)c1ccc(Br)cc1. The maximum Gasteiger partial charge on any atom is 0.143 e. The highest BCUT2D eigenvalue weighted by Crippen LogP contribution is 2.17. The Balaban J connectivity index is 2.51. The molecule has 1 aromatic carbocycles. The molecular formula is C13H19BrN2OS. The van der Waals surface area contributed by atoms with Crippen molar-refractivity contribution in [1.82, 2.24) is 4.90 Å². The molecule has 0 atom stereocenters. The fourth-order valence-electron chi connectivity index (χ4n) is 1.57. The van der Waals surface area contributed by atoms with E-state index >= 15 is 0 Å². The molecule has 100 valence electrons. The Kier molecular flexibility index (Phi) is 7.39. The standard InChI is InChI=1S/C13H19BrN2OS/c1-3-16(4-2)9-10-18-13(15-17)11-5-7-12(14)8-6-11/h5-8,17H,3-4,9-10H2,1-2H3/b15-13+. The van der Waals surface area contributed by atoms with Gasteiger partial charge in [0.2, 0.25) is 0 Å². The lowest BCUT2D eigenvalue weighted by atomic mass is 10.2. The van der Waals surface area contributed by atoms with E-state index < -0.39 is 0 Å². The Hall–Kier alpha value is -0.520. The van der Waals surface area contributed by atoms with E-state index in [-0.39, 0.29) is 0 Å². The van der Waals surface area contributed by atoms with E-state index in [0.717, 1.165) is 35.4 Å². The van der Waals surface area contributed by atoms with Gasteiger partial charge in [0.05, 0.1) is 0 Å². The summed E-state index contributed by atoms with van der Waals surface area (Å²) in [4.78, 5) is 2.35. The van der Waals surface area contributed by atoms with Gasteiger partial charge in [0, 0.05) is 22.3 Å². The van der Waals surface area contributed by atoms with Gasteiger partial charge in [-0.1, -0.05) is 47.1 Å². The average Bonchev–Trinajstić information content (AvgIpc) is 2.41. The average molecular weight is 331 g/mol. The number of oxime groups is 1. The van der Waals surface area contributed by atoms with Gasteiger partial charge in [0.25, 0.3) is 0 Å². The maximum atomic E-state index is 9.07. The summed E-state index contributed by atoms with van der Waals surface area (Å²) in [5.74, 6) is 0.928. The molecule has 1 N–H and O–H groups in total. The number of rotatable bonds is 6. The van der Waals surface area contributed by atoms with E-state index in [1.165, 1.54) is 0 Å². The Morgan fingerprint density at radius 2 is 1.89 bits per heavy atom. The predicted molar refractivity (Wildman–Crippen MR) is 82.7 cm³/mol. The van der Waals surface area contributed by atoms with Gasteiger partial charge < -0.3 is 10.1 Å². The summed E-state index contributed by atoms with van der Waals surface area (Å²) in [7, 11) is 0. The first-order chi connectivity index (χ1) is 8.71. The second-order valence-electron chi connectivity index (χ2n) is 3.79. The van der Waals surface area contributed by atoms with Gasteiger partial charge in [0.1, 0.15) is 5.04 Å². The lowest BCUT2D eigenvalue weighted by Gasteiger charge is -2.17. The molecule has 0 amide bonds. The van der Waals surface area contributed by atoms with Gasteiger partial charge in [-0.15, -0.1) is 11.8 Å². The third kappa shape index (κ3) is 5.00. The van der Waals surface area contributed by atoms with E-state index in [1.54, 1.807) is 11.8 Å². The van der Waals surface area contributed by atoms with Crippen LogP contribution in [0, 0.1) is 0 Å². The maximum absolute atomic E-state index is 9.07. The van der Waals surface area contributed by atoms with Crippen molar-refractivity contribution in [3.05, 3.63) is 34.3 Å². The van der Waals surface area contributed by atoms with Gasteiger partial charge in [-0.05, 0) is 25.2 Å². The number of hydrogen-bond acceptors (Lipinski definition) is 4. The summed E-state index contributed by atoms with van der Waals surface area (Å²) in [5.41, 5.74) is 0.949. The Labute approximate surface area is 121 Å². The molecule has 0 aliphatic carbocycles. The summed E-state index contributed by atoms with van der Waals surface area (Å²) in [6.07, 6.45) is 0. The second kappa shape index (κ2) is 8.56. The minimum Gasteiger partial charge on any atom is -0.410 e. The molecule has 0 unspecified atom stereocenters. The summed E-state index contributed by atoms with van der Waals surface area (Å²) in [5, 5.41) is 13.1. The molecule has 0 spiro atoms. The second-order valence-corrected chi connectivity index (χ2v) is 5.79. The van der Waals surface area contributed by atoms with Crippen LogP contribution in [0.2, 0.25) is 0 Å². The first-order valence-corrected chi connectivity index (χ1v) is 7.82. The van der Waals surface area contributed by atoms with Gasteiger partial charge in [-0.2, -0.15) is 0 Å². The lowest BCUT2D eigenvalue weighted by molar-refractivity contribution is 0.320. The van der Waals surface area contributed by atoms with Crippen LogP contribution >= 0.6 is 27.7 Å². The van der Waals surface area contributed by atoms with Gasteiger partial charge in [-0.3, -0.25) is 0 Å². The highest BCUT2D eigenvalue weighted by atomic mass is 79.9. The largest absolute Gasteiger partial charge is 0.410 e. The van der Waals surface area contributed by atoms with Crippen molar-refractivity contribution in [3.63, 3.8) is 0 Å². The van der Waals surface area contributed by atoms with Gasteiger partial charge >= 0.3 is 0 Å². The molecule has 0 fully saturated rings. The van der Waals surface area contributed by atoms with Crippen LogP contribution in [0.4, 0.5) is 0 Å². The summed E-state index contributed by atoms with van der Waals surface area (Å²) < 4.78 is 1.02. The van der Waals surface area contributed by atoms with Crippen molar-refractivity contribution in [2.24, 2.45) is 5.16 Å². The molecule has 18 heavy (non-hydrogen) atoms. The number of benzene rings is 1.